The number of amides is 4. The van der Waals surface area contributed by atoms with Gasteiger partial charge in [-0.3, -0.25) is 19.2 Å². The van der Waals surface area contributed by atoms with E-state index in [0.717, 1.165) is 51.4 Å². The molecule has 2 saturated heterocycles. The average Bonchev–Trinajstić information content (AvgIpc) is 3.36. The van der Waals surface area contributed by atoms with Crippen LogP contribution in [-0.4, -0.2) is 82.8 Å². The Hall–Kier alpha value is -2.65. The van der Waals surface area contributed by atoms with E-state index in [0.29, 0.717) is 38.4 Å². The van der Waals surface area contributed by atoms with Gasteiger partial charge in [-0.05, 0) is 76.5 Å². The number of nitrogens with zero attached hydrogens (tertiary/aromatic N) is 2. The van der Waals surface area contributed by atoms with Crippen molar-refractivity contribution in [2.24, 2.45) is 23.7 Å². The molecule has 0 bridgehead atoms. The number of hydrogen-bond donors (Lipinski definition) is 2. The number of Topliss-reactive ketones (excluding diaryl/α,β-unsaturated/α-hetero) is 1. The van der Waals surface area contributed by atoms with Crippen LogP contribution in [0.4, 0.5) is 4.79 Å². The molecule has 4 amide bonds. The van der Waals surface area contributed by atoms with E-state index in [1.807, 2.05) is 0 Å². The molecule has 3 unspecified atom stereocenters. The van der Waals surface area contributed by atoms with Gasteiger partial charge in [-0.25, -0.2) is 4.79 Å². The molecule has 10 nitrogen and oxygen atoms in total. The van der Waals surface area contributed by atoms with Crippen LogP contribution in [0, 0.1) is 23.7 Å². The Labute approximate surface area is 263 Å². The Morgan fingerprint density at radius 1 is 0.864 bits per heavy atom. The summed E-state index contributed by atoms with van der Waals surface area (Å²) in [5.41, 5.74) is -0.712. The van der Waals surface area contributed by atoms with E-state index < -0.39 is 41.5 Å². The number of likely N-dealkylation sites (tertiary alicyclic amines) is 2. The second kappa shape index (κ2) is 15.1. The normalized spacial score (nSPS) is 24.2. The number of hydrogen-bond acceptors (Lipinski definition) is 6. The lowest BCUT2D eigenvalue weighted by atomic mass is 9.81. The third kappa shape index (κ3) is 8.96. The Kier molecular flexibility index (Phi) is 11.7. The van der Waals surface area contributed by atoms with Crippen molar-refractivity contribution in [1.82, 2.24) is 20.4 Å². The van der Waals surface area contributed by atoms with Crippen molar-refractivity contribution >= 4 is 29.6 Å². The highest BCUT2D eigenvalue weighted by molar-refractivity contribution is 6.38. The van der Waals surface area contributed by atoms with Crippen molar-refractivity contribution in [2.45, 2.75) is 142 Å². The number of rotatable bonds is 12. The van der Waals surface area contributed by atoms with Crippen LogP contribution in [0.25, 0.3) is 0 Å². The Morgan fingerprint density at radius 2 is 1.55 bits per heavy atom. The Bertz CT molecular complexity index is 1040. The summed E-state index contributed by atoms with van der Waals surface area (Å²) in [6.45, 7) is 11.1. The topological polar surface area (TPSA) is 125 Å². The highest BCUT2D eigenvalue weighted by atomic mass is 16.6. The van der Waals surface area contributed by atoms with Crippen LogP contribution >= 0.6 is 0 Å². The van der Waals surface area contributed by atoms with Crippen LogP contribution in [0.2, 0.25) is 0 Å². The summed E-state index contributed by atoms with van der Waals surface area (Å²) >= 11 is 0. The first-order valence-corrected chi connectivity index (χ1v) is 17.3. The number of nitrogens with one attached hydrogen (secondary N) is 2. The summed E-state index contributed by atoms with van der Waals surface area (Å²) in [4.78, 5) is 70.7. The van der Waals surface area contributed by atoms with Crippen LogP contribution < -0.4 is 10.6 Å². The monoisotopic (exact) mass is 616 g/mol. The highest BCUT2D eigenvalue weighted by Crippen LogP contribution is 2.34. The van der Waals surface area contributed by atoms with E-state index >= 15 is 0 Å². The standard InChI is InChI=1S/C34H56N4O6/c1-22(2)25-20-27(30(40)35-26(17-10-14-23-12-9-13-23)29(39)32(42)37-18-11-19-37)38(21-25)31(41)28(24-15-7-6-8-16-24)36-33(43)44-34(3,4)5/h22-28H,6-21H2,1-5H3,(H,35,40)(H,36,43)/t25?,26?,27?,28-/m0/s1. The van der Waals surface area contributed by atoms with Crippen molar-refractivity contribution in [1.29, 1.82) is 0 Å². The molecule has 4 aliphatic rings. The van der Waals surface area contributed by atoms with Gasteiger partial charge in [-0.15, -0.1) is 0 Å². The molecule has 44 heavy (non-hydrogen) atoms. The van der Waals surface area contributed by atoms with Gasteiger partial charge in [-0.1, -0.05) is 65.2 Å². The molecule has 0 spiro atoms. The highest BCUT2D eigenvalue weighted by Gasteiger charge is 2.46. The fraction of sp³-hybridized carbons (Fsp3) is 0.853. The molecular formula is C34H56N4O6. The van der Waals surface area contributed by atoms with Crippen molar-refractivity contribution in [2.75, 3.05) is 19.6 Å². The molecule has 0 aromatic heterocycles. The quantitative estimate of drug-likeness (QED) is 0.309. The summed E-state index contributed by atoms with van der Waals surface area (Å²) < 4.78 is 5.53. The Morgan fingerprint density at radius 3 is 2.09 bits per heavy atom. The van der Waals surface area contributed by atoms with Gasteiger partial charge in [0.1, 0.15) is 17.7 Å². The van der Waals surface area contributed by atoms with Gasteiger partial charge < -0.3 is 25.2 Å². The van der Waals surface area contributed by atoms with Crippen LogP contribution in [0.3, 0.4) is 0 Å². The van der Waals surface area contributed by atoms with Gasteiger partial charge in [0.2, 0.25) is 17.6 Å². The van der Waals surface area contributed by atoms with Crippen molar-refractivity contribution in [3.8, 4) is 0 Å². The second-order valence-corrected chi connectivity index (χ2v) is 15.1. The van der Waals surface area contributed by atoms with Gasteiger partial charge in [-0.2, -0.15) is 0 Å². The predicted molar refractivity (Wildman–Crippen MR) is 168 cm³/mol. The molecule has 10 heteroatoms. The lowest BCUT2D eigenvalue weighted by Gasteiger charge is -2.35. The first-order chi connectivity index (χ1) is 20.8. The molecule has 4 atom stereocenters. The largest absolute Gasteiger partial charge is 0.444 e. The zero-order chi connectivity index (χ0) is 32.0. The number of carbonyl (C=O) groups excluding carboxylic acids is 5. The third-order valence-electron chi connectivity index (χ3n) is 10.2. The van der Waals surface area contributed by atoms with Gasteiger partial charge in [0.05, 0.1) is 6.04 Å². The summed E-state index contributed by atoms with van der Waals surface area (Å²) in [6, 6.07) is -2.47. The van der Waals surface area contributed by atoms with Crippen LogP contribution in [0.15, 0.2) is 0 Å². The molecule has 2 aliphatic carbocycles. The van der Waals surface area contributed by atoms with Crippen molar-refractivity contribution < 1.29 is 28.7 Å². The first kappa shape index (κ1) is 34.2. The molecule has 2 saturated carbocycles. The minimum Gasteiger partial charge on any atom is -0.444 e. The smallest absolute Gasteiger partial charge is 0.408 e. The van der Waals surface area contributed by atoms with Crippen molar-refractivity contribution in [3.63, 3.8) is 0 Å². The Balaban J connectivity index is 1.52. The second-order valence-electron chi connectivity index (χ2n) is 15.1. The number of alkyl carbamates (subject to hydrolysis) is 1. The predicted octanol–water partition coefficient (Wildman–Crippen LogP) is 4.59. The van der Waals surface area contributed by atoms with Gasteiger partial charge in [0.25, 0.3) is 5.91 Å². The molecule has 0 radical (unpaired) electrons. The van der Waals surface area contributed by atoms with E-state index in [1.54, 1.807) is 30.6 Å². The number of ether oxygens (including phenoxy) is 1. The zero-order valence-electron chi connectivity index (χ0n) is 27.7. The average molecular weight is 617 g/mol. The lowest BCUT2D eigenvalue weighted by molar-refractivity contribution is -0.149. The van der Waals surface area contributed by atoms with E-state index in [9.17, 15) is 24.0 Å². The van der Waals surface area contributed by atoms with Gasteiger partial charge >= 0.3 is 6.09 Å². The summed E-state index contributed by atoms with van der Waals surface area (Å²) in [6.07, 6.45) is 11.2. The SMILES string of the molecule is CC(C)C1CC(C(=O)NC(CCCC2CCC2)C(=O)C(=O)N2CCC2)N(C(=O)[C@@H](NC(=O)OC(C)(C)C)C2CCCCC2)C1. The minimum atomic E-state index is -0.903. The van der Waals surface area contributed by atoms with Crippen LogP contribution in [0.1, 0.15) is 118 Å². The van der Waals surface area contributed by atoms with E-state index in [4.69, 9.17) is 4.74 Å². The summed E-state index contributed by atoms with van der Waals surface area (Å²) in [5, 5.41) is 5.83. The molecular weight excluding hydrogens is 560 g/mol. The van der Waals surface area contributed by atoms with Crippen LogP contribution in [-0.2, 0) is 23.9 Å². The fourth-order valence-electron chi connectivity index (χ4n) is 7.06. The zero-order valence-corrected chi connectivity index (χ0v) is 27.7. The molecule has 4 fully saturated rings. The number of carbonyl (C=O) groups is 5. The summed E-state index contributed by atoms with van der Waals surface area (Å²) in [7, 11) is 0. The third-order valence-corrected chi connectivity index (χ3v) is 10.2. The molecule has 248 valence electrons. The van der Waals surface area contributed by atoms with Gasteiger partial charge in [0.15, 0.2) is 0 Å². The molecule has 2 aliphatic heterocycles. The van der Waals surface area contributed by atoms with E-state index in [-0.39, 0.29) is 29.6 Å². The van der Waals surface area contributed by atoms with E-state index in [2.05, 4.69) is 24.5 Å². The van der Waals surface area contributed by atoms with E-state index in [1.165, 1.54) is 19.3 Å². The maximum atomic E-state index is 14.3. The molecule has 2 heterocycles. The lowest BCUT2D eigenvalue weighted by Crippen LogP contribution is -2.58. The molecule has 2 N–H and O–H groups in total. The number of ketones is 1. The fourth-order valence-corrected chi connectivity index (χ4v) is 7.06. The van der Waals surface area contributed by atoms with Crippen molar-refractivity contribution in [3.05, 3.63) is 0 Å². The maximum absolute atomic E-state index is 14.3. The molecule has 4 rings (SSSR count). The van der Waals surface area contributed by atoms with Gasteiger partial charge in [0, 0.05) is 19.6 Å². The molecule has 0 aromatic rings. The van der Waals surface area contributed by atoms with Crippen LogP contribution in [0.5, 0.6) is 0 Å². The first-order valence-electron chi connectivity index (χ1n) is 17.3. The maximum Gasteiger partial charge on any atom is 0.408 e. The molecule has 0 aromatic carbocycles. The summed E-state index contributed by atoms with van der Waals surface area (Å²) in [5.74, 6) is -0.785. The minimum absolute atomic E-state index is 0.0411.